The van der Waals surface area contributed by atoms with E-state index >= 15 is 0 Å². The Hall–Kier alpha value is -3.47. The number of aryl methyl sites for hydroxylation is 1. The highest BCUT2D eigenvalue weighted by Gasteiger charge is 2.58. The van der Waals surface area contributed by atoms with Gasteiger partial charge in [-0.25, -0.2) is 14.5 Å². The van der Waals surface area contributed by atoms with Gasteiger partial charge in [0.25, 0.3) is 0 Å². The summed E-state index contributed by atoms with van der Waals surface area (Å²) in [6.45, 7) is 2.41. The standard InChI is InChI=1S/C28H40N6O5/c29-26(30)28(12-7-13-31-19-28)18-21-23(25(37)38)34(24(21)36)27(39)33-16-14-32(15-17-33)22(35)11-6-2-5-10-20-8-3-1-4-9-20/h1,3-4,8-9,21,23,31H,2,5-7,10-19H2,(H3,29,30)(H,37,38)/t21-,23+,28+/m1/s1. The van der Waals surface area contributed by atoms with Crippen molar-refractivity contribution >= 4 is 29.7 Å². The van der Waals surface area contributed by atoms with Crippen molar-refractivity contribution in [3.63, 3.8) is 0 Å². The molecule has 11 heteroatoms. The lowest BCUT2D eigenvalue weighted by atomic mass is 9.68. The minimum Gasteiger partial charge on any atom is -0.480 e. The maximum Gasteiger partial charge on any atom is 0.327 e. The number of aliphatic carboxylic acids is 1. The molecule has 0 spiro atoms. The predicted molar refractivity (Wildman–Crippen MR) is 145 cm³/mol. The Morgan fingerprint density at radius 2 is 1.74 bits per heavy atom. The Kier molecular flexibility index (Phi) is 9.21. The van der Waals surface area contributed by atoms with Crippen LogP contribution in [0.25, 0.3) is 0 Å². The first-order valence-corrected chi connectivity index (χ1v) is 14.0. The molecule has 0 saturated carbocycles. The molecule has 0 unspecified atom stereocenters. The largest absolute Gasteiger partial charge is 0.480 e. The molecular formula is C28H40N6O5. The zero-order valence-electron chi connectivity index (χ0n) is 22.4. The third-order valence-electron chi connectivity index (χ3n) is 8.43. The number of amidine groups is 1. The van der Waals surface area contributed by atoms with Crippen molar-refractivity contribution in [1.29, 1.82) is 5.41 Å². The average Bonchev–Trinajstić information content (AvgIpc) is 2.94. The quantitative estimate of drug-likeness (QED) is 0.152. The van der Waals surface area contributed by atoms with Gasteiger partial charge in [-0.15, -0.1) is 0 Å². The third kappa shape index (κ3) is 6.41. The van der Waals surface area contributed by atoms with E-state index in [1.54, 1.807) is 4.90 Å². The molecule has 0 aliphatic carbocycles. The molecule has 39 heavy (non-hydrogen) atoms. The van der Waals surface area contributed by atoms with Crippen LogP contribution in [-0.2, 0) is 20.8 Å². The van der Waals surface area contributed by atoms with Crippen molar-refractivity contribution in [3.8, 4) is 0 Å². The summed E-state index contributed by atoms with van der Waals surface area (Å²) in [5.74, 6) is -2.68. The molecule has 0 bridgehead atoms. The van der Waals surface area contributed by atoms with Crippen molar-refractivity contribution in [2.24, 2.45) is 17.1 Å². The summed E-state index contributed by atoms with van der Waals surface area (Å²) in [6, 6.07) is 8.36. The molecule has 1 aromatic carbocycles. The first kappa shape index (κ1) is 28.5. The zero-order chi connectivity index (χ0) is 28.0. The van der Waals surface area contributed by atoms with Crippen molar-refractivity contribution in [3.05, 3.63) is 35.9 Å². The number of imide groups is 1. The van der Waals surface area contributed by atoms with Crippen LogP contribution in [0.4, 0.5) is 4.79 Å². The van der Waals surface area contributed by atoms with Crippen LogP contribution >= 0.6 is 0 Å². The maximum absolute atomic E-state index is 13.2. The van der Waals surface area contributed by atoms with Crippen molar-refractivity contribution in [1.82, 2.24) is 20.0 Å². The molecule has 1 aromatic rings. The lowest BCUT2D eigenvalue weighted by Crippen LogP contribution is -2.70. The molecule has 3 aliphatic heterocycles. The lowest BCUT2D eigenvalue weighted by Gasteiger charge is -2.49. The maximum atomic E-state index is 13.2. The number of piperazine rings is 1. The van der Waals surface area contributed by atoms with Crippen LogP contribution in [0.3, 0.4) is 0 Å². The van der Waals surface area contributed by atoms with E-state index in [0.29, 0.717) is 32.5 Å². The predicted octanol–water partition coefficient (Wildman–Crippen LogP) is 1.66. The number of carboxylic acid groups (broad SMARTS) is 1. The third-order valence-corrected chi connectivity index (χ3v) is 8.43. The van der Waals surface area contributed by atoms with Crippen LogP contribution in [0, 0.1) is 16.7 Å². The van der Waals surface area contributed by atoms with E-state index < -0.39 is 35.3 Å². The van der Waals surface area contributed by atoms with Gasteiger partial charge < -0.3 is 26.0 Å². The number of unbranched alkanes of at least 4 members (excludes halogenated alkanes) is 2. The van der Waals surface area contributed by atoms with E-state index in [-0.39, 0.29) is 31.3 Å². The van der Waals surface area contributed by atoms with Crippen LogP contribution in [-0.4, -0.2) is 94.8 Å². The fourth-order valence-electron chi connectivity index (χ4n) is 6.03. The number of urea groups is 1. The number of rotatable bonds is 10. The average molecular weight is 541 g/mol. The number of carbonyl (C=O) groups is 4. The number of hydrogen-bond donors (Lipinski definition) is 4. The molecule has 0 radical (unpaired) electrons. The number of nitrogens with zero attached hydrogens (tertiary/aromatic N) is 3. The lowest BCUT2D eigenvalue weighted by molar-refractivity contribution is -0.168. The second kappa shape index (κ2) is 12.6. The van der Waals surface area contributed by atoms with E-state index in [1.807, 2.05) is 18.2 Å². The zero-order valence-corrected chi connectivity index (χ0v) is 22.4. The Bertz CT molecular complexity index is 1070. The molecule has 5 N–H and O–H groups in total. The van der Waals surface area contributed by atoms with Crippen molar-refractivity contribution < 1.29 is 24.3 Å². The summed E-state index contributed by atoms with van der Waals surface area (Å²) >= 11 is 0. The number of likely N-dealkylation sites (tertiary alicyclic amines) is 1. The second-order valence-corrected chi connectivity index (χ2v) is 11.0. The minimum absolute atomic E-state index is 0.0564. The highest BCUT2D eigenvalue weighted by atomic mass is 16.4. The summed E-state index contributed by atoms with van der Waals surface area (Å²) < 4.78 is 0. The van der Waals surface area contributed by atoms with E-state index in [9.17, 15) is 24.3 Å². The van der Waals surface area contributed by atoms with Crippen LogP contribution in [0.5, 0.6) is 0 Å². The Labute approximate surface area is 229 Å². The fourth-order valence-corrected chi connectivity index (χ4v) is 6.03. The van der Waals surface area contributed by atoms with Gasteiger partial charge in [-0.1, -0.05) is 36.8 Å². The van der Waals surface area contributed by atoms with Gasteiger partial charge in [0.05, 0.1) is 11.8 Å². The first-order valence-electron chi connectivity index (χ1n) is 14.0. The fraction of sp³-hybridized carbons (Fsp3) is 0.607. The number of carboxylic acids is 1. The molecule has 3 atom stereocenters. The van der Waals surface area contributed by atoms with Gasteiger partial charge in [-0.05, 0) is 50.6 Å². The highest BCUT2D eigenvalue weighted by Crippen LogP contribution is 2.41. The Balaban J connectivity index is 1.24. The van der Waals surface area contributed by atoms with Gasteiger partial charge in [0.2, 0.25) is 11.8 Å². The van der Waals surface area contributed by atoms with Gasteiger partial charge in [0.1, 0.15) is 0 Å². The summed E-state index contributed by atoms with van der Waals surface area (Å²) in [5, 5.41) is 21.1. The SMILES string of the molecule is N=C(N)[C@]1(C[C@H]2C(=O)N(C(=O)N3CCN(C(=O)CCCCCc4ccccc4)CC3)[C@@H]2C(=O)O)CCCNC1. The number of nitrogens with two attached hydrogens (primary N) is 1. The number of amides is 4. The molecule has 212 valence electrons. The number of benzene rings is 1. The molecule has 4 amide bonds. The minimum atomic E-state index is -1.28. The molecule has 3 saturated heterocycles. The van der Waals surface area contributed by atoms with Crippen molar-refractivity contribution in [2.45, 2.75) is 57.4 Å². The monoisotopic (exact) mass is 540 g/mol. The number of piperidine rings is 1. The molecular weight excluding hydrogens is 500 g/mol. The highest BCUT2D eigenvalue weighted by molar-refractivity contribution is 6.07. The van der Waals surface area contributed by atoms with Gasteiger partial charge in [0.15, 0.2) is 6.04 Å². The van der Waals surface area contributed by atoms with Gasteiger partial charge in [-0.2, -0.15) is 0 Å². The van der Waals surface area contributed by atoms with E-state index in [1.165, 1.54) is 10.5 Å². The van der Waals surface area contributed by atoms with E-state index in [2.05, 4.69) is 17.4 Å². The summed E-state index contributed by atoms with van der Waals surface area (Å²) in [5.41, 5.74) is 6.39. The molecule has 11 nitrogen and oxygen atoms in total. The number of carbonyl (C=O) groups excluding carboxylic acids is 3. The number of hydrogen-bond acceptors (Lipinski definition) is 6. The van der Waals surface area contributed by atoms with Crippen LogP contribution < -0.4 is 11.1 Å². The molecule has 3 heterocycles. The number of β-lactam (4-membered cyclic amide) rings is 1. The summed E-state index contributed by atoms with van der Waals surface area (Å²) in [7, 11) is 0. The molecule has 3 fully saturated rings. The Morgan fingerprint density at radius 1 is 1.05 bits per heavy atom. The smallest absolute Gasteiger partial charge is 0.327 e. The Morgan fingerprint density at radius 3 is 2.36 bits per heavy atom. The summed E-state index contributed by atoms with van der Waals surface area (Å²) in [4.78, 5) is 55.0. The van der Waals surface area contributed by atoms with Crippen LogP contribution in [0.15, 0.2) is 30.3 Å². The van der Waals surface area contributed by atoms with E-state index in [0.717, 1.165) is 43.5 Å². The molecule has 3 aliphatic rings. The van der Waals surface area contributed by atoms with Gasteiger partial charge >= 0.3 is 12.0 Å². The normalized spacial score (nSPS) is 25.2. The molecule has 4 rings (SSSR count). The van der Waals surface area contributed by atoms with Gasteiger partial charge in [0, 0.05) is 44.6 Å². The second-order valence-electron chi connectivity index (χ2n) is 11.0. The molecule has 0 aromatic heterocycles. The first-order chi connectivity index (χ1) is 18.7. The van der Waals surface area contributed by atoms with Crippen molar-refractivity contribution in [2.75, 3.05) is 39.3 Å². The summed E-state index contributed by atoms with van der Waals surface area (Å²) in [6.07, 6.45) is 5.77. The number of nitrogens with one attached hydrogen (secondary N) is 2. The van der Waals surface area contributed by atoms with Crippen LogP contribution in [0.1, 0.15) is 50.5 Å². The van der Waals surface area contributed by atoms with E-state index in [4.69, 9.17) is 11.1 Å². The van der Waals surface area contributed by atoms with Crippen LogP contribution in [0.2, 0.25) is 0 Å². The van der Waals surface area contributed by atoms with Gasteiger partial charge in [-0.3, -0.25) is 15.0 Å². The topological polar surface area (TPSA) is 160 Å².